The summed E-state index contributed by atoms with van der Waals surface area (Å²) < 4.78 is 7.08. The number of benzene rings is 11. The Morgan fingerprint density at radius 3 is 1.43 bits per heavy atom. The Labute approximate surface area is 335 Å². The zero-order chi connectivity index (χ0) is 38.2. The molecule has 0 saturated heterocycles. The third-order valence-electron chi connectivity index (χ3n) is 12.0. The SMILES string of the molecule is c1ccc(-c2ccc(N(c3ccc(-c4ccc5c6ccccc6c6ccccc6c5c4)cc3)c3cccc4c3oc3c4ccc4ccc5ccccc5c43)cc2)cc1. The topological polar surface area (TPSA) is 16.4 Å². The van der Waals surface area contributed by atoms with E-state index in [1.54, 1.807) is 0 Å². The molecule has 0 aliphatic rings. The van der Waals surface area contributed by atoms with E-state index in [1.165, 1.54) is 70.7 Å². The summed E-state index contributed by atoms with van der Waals surface area (Å²) in [4.78, 5) is 2.34. The molecule has 0 N–H and O–H groups in total. The zero-order valence-corrected chi connectivity index (χ0v) is 31.6. The Morgan fingerprint density at radius 1 is 0.276 bits per heavy atom. The molecule has 2 heteroatoms. The molecule has 0 aliphatic heterocycles. The van der Waals surface area contributed by atoms with E-state index in [0.717, 1.165) is 44.4 Å². The maximum atomic E-state index is 7.08. The van der Waals surface area contributed by atoms with Gasteiger partial charge in [0.25, 0.3) is 0 Å². The largest absolute Gasteiger partial charge is 0.453 e. The second kappa shape index (κ2) is 12.9. The van der Waals surface area contributed by atoms with Crippen molar-refractivity contribution in [2.45, 2.75) is 0 Å². The van der Waals surface area contributed by atoms with Gasteiger partial charge in [0, 0.05) is 27.5 Å². The first kappa shape index (κ1) is 32.6. The fourth-order valence-corrected chi connectivity index (χ4v) is 9.26. The predicted octanol–water partition coefficient (Wildman–Crippen LogP) is 16.2. The van der Waals surface area contributed by atoms with E-state index in [2.05, 4.69) is 217 Å². The molecule has 1 heterocycles. The lowest BCUT2D eigenvalue weighted by molar-refractivity contribution is 0.673. The molecular formula is C56H35NO. The van der Waals surface area contributed by atoms with E-state index < -0.39 is 0 Å². The first-order valence-electron chi connectivity index (χ1n) is 19.9. The van der Waals surface area contributed by atoms with E-state index in [4.69, 9.17) is 4.42 Å². The third-order valence-corrected chi connectivity index (χ3v) is 12.0. The number of hydrogen-bond donors (Lipinski definition) is 0. The van der Waals surface area contributed by atoms with Gasteiger partial charge in [-0.15, -0.1) is 0 Å². The smallest absolute Gasteiger partial charge is 0.159 e. The monoisotopic (exact) mass is 737 g/mol. The van der Waals surface area contributed by atoms with Crippen molar-refractivity contribution in [3.05, 3.63) is 212 Å². The van der Waals surface area contributed by atoms with Crippen molar-refractivity contribution in [3.63, 3.8) is 0 Å². The molecule has 12 aromatic rings. The summed E-state index contributed by atoms with van der Waals surface area (Å²) in [6, 6.07) is 76.8. The highest BCUT2D eigenvalue weighted by atomic mass is 16.3. The average Bonchev–Trinajstić information content (AvgIpc) is 3.69. The van der Waals surface area contributed by atoms with Crippen molar-refractivity contribution in [1.29, 1.82) is 0 Å². The van der Waals surface area contributed by atoms with Gasteiger partial charge in [-0.05, 0) is 113 Å². The van der Waals surface area contributed by atoms with Crippen LogP contribution in [0.2, 0.25) is 0 Å². The van der Waals surface area contributed by atoms with Crippen molar-refractivity contribution in [2.24, 2.45) is 0 Å². The molecule has 0 radical (unpaired) electrons. The van der Waals surface area contributed by atoms with Crippen LogP contribution in [0.25, 0.3) is 98.1 Å². The highest BCUT2D eigenvalue weighted by molar-refractivity contribution is 6.26. The van der Waals surface area contributed by atoms with Gasteiger partial charge in [0.1, 0.15) is 5.58 Å². The molecule has 58 heavy (non-hydrogen) atoms. The van der Waals surface area contributed by atoms with Crippen LogP contribution in [0.5, 0.6) is 0 Å². The second-order valence-corrected chi connectivity index (χ2v) is 15.2. The average molecular weight is 738 g/mol. The van der Waals surface area contributed by atoms with Gasteiger partial charge in [-0.1, -0.05) is 170 Å². The van der Waals surface area contributed by atoms with Gasteiger partial charge in [0.2, 0.25) is 0 Å². The lowest BCUT2D eigenvalue weighted by Gasteiger charge is -2.26. The maximum absolute atomic E-state index is 7.08. The fraction of sp³-hybridized carbons (Fsp3) is 0. The number of para-hydroxylation sites is 1. The van der Waals surface area contributed by atoms with Gasteiger partial charge < -0.3 is 9.32 Å². The quantitative estimate of drug-likeness (QED) is 0.164. The Morgan fingerprint density at radius 2 is 0.741 bits per heavy atom. The molecule has 0 unspecified atom stereocenters. The lowest BCUT2D eigenvalue weighted by Crippen LogP contribution is -2.10. The number of nitrogens with zero attached hydrogens (tertiary/aromatic N) is 1. The van der Waals surface area contributed by atoms with E-state index in [0.29, 0.717) is 0 Å². The van der Waals surface area contributed by atoms with Crippen molar-refractivity contribution < 1.29 is 4.42 Å². The van der Waals surface area contributed by atoms with Gasteiger partial charge in [-0.2, -0.15) is 0 Å². The normalized spacial score (nSPS) is 11.8. The van der Waals surface area contributed by atoms with Gasteiger partial charge in [-0.25, -0.2) is 0 Å². The molecule has 0 amide bonds. The number of rotatable bonds is 5. The van der Waals surface area contributed by atoms with Gasteiger partial charge >= 0.3 is 0 Å². The molecule has 0 bridgehead atoms. The molecule has 0 saturated carbocycles. The molecular weight excluding hydrogens is 703 g/mol. The zero-order valence-electron chi connectivity index (χ0n) is 31.6. The summed E-state index contributed by atoms with van der Waals surface area (Å²) in [5.74, 6) is 0. The predicted molar refractivity (Wildman–Crippen MR) is 247 cm³/mol. The maximum Gasteiger partial charge on any atom is 0.159 e. The summed E-state index contributed by atoms with van der Waals surface area (Å²) in [5.41, 5.74) is 9.61. The third kappa shape index (κ3) is 5.05. The van der Waals surface area contributed by atoms with E-state index in [-0.39, 0.29) is 0 Å². The van der Waals surface area contributed by atoms with Crippen molar-refractivity contribution in [3.8, 4) is 22.3 Å². The minimum Gasteiger partial charge on any atom is -0.453 e. The second-order valence-electron chi connectivity index (χ2n) is 15.2. The lowest BCUT2D eigenvalue weighted by atomic mass is 9.92. The molecule has 0 aliphatic carbocycles. The van der Waals surface area contributed by atoms with Crippen LogP contribution in [-0.4, -0.2) is 0 Å². The number of anilines is 3. The Hall–Kier alpha value is -7.68. The number of hydrogen-bond acceptors (Lipinski definition) is 2. The first-order chi connectivity index (χ1) is 28.8. The van der Waals surface area contributed by atoms with Gasteiger partial charge in [0.05, 0.1) is 5.69 Å². The van der Waals surface area contributed by atoms with Crippen LogP contribution in [-0.2, 0) is 0 Å². The number of furan rings is 1. The van der Waals surface area contributed by atoms with E-state index >= 15 is 0 Å². The molecule has 1 aromatic heterocycles. The molecule has 11 aromatic carbocycles. The van der Waals surface area contributed by atoms with Crippen LogP contribution in [0.3, 0.4) is 0 Å². The molecule has 0 fully saturated rings. The number of fused-ring (bicyclic) bond motifs is 13. The first-order valence-corrected chi connectivity index (χ1v) is 19.9. The van der Waals surface area contributed by atoms with Crippen molar-refractivity contribution in [2.75, 3.05) is 4.90 Å². The standard InChI is InChI=1S/C56H35NO/c1-2-11-36(12-3-1)37-23-29-42(30-24-37)57(53-20-10-19-50-51-34-27-40-22-21-39-13-4-5-14-44(39)54(40)56(51)58-55(50)53)43-31-25-38(26-32-43)41-28-33-49-47-17-7-6-15-45(47)46-16-8-9-18-48(46)52(49)35-41/h1-35H. The summed E-state index contributed by atoms with van der Waals surface area (Å²) >= 11 is 0. The van der Waals surface area contributed by atoms with E-state index in [1.807, 2.05) is 0 Å². The van der Waals surface area contributed by atoms with Gasteiger partial charge in [-0.3, -0.25) is 0 Å². The highest BCUT2D eigenvalue weighted by Gasteiger charge is 2.21. The summed E-state index contributed by atoms with van der Waals surface area (Å²) in [5, 5.41) is 14.6. The Bertz CT molecular complexity index is 3510. The highest BCUT2D eigenvalue weighted by Crippen LogP contribution is 2.45. The molecule has 2 nitrogen and oxygen atoms in total. The van der Waals surface area contributed by atoms with Gasteiger partial charge in [0.15, 0.2) is 5.58 Å². The molecule has 270 valence electrons. The Kier molecular flexibility index (Phi) is 7.26. The molecule has 12 rings (SSSR count). The van der Waals surface area contributed by atoms with E-state index in [9.17, 15) is 0 Å². The van der Waals surface area contributed by atoms with Crippen LogP contribution in [0.15, 0.2) is 217 Å². The molecule has 0 spiro atoms. The Balaban J connectivity index is 1.03. The van der Waals surface area contributed by atoms with Crippen molar-refractivity contribution >= 4 is 92.9 Å². The van der Waals surface area contributed by atoms with Crippen LogP contribution in [0.1, 0.15) is 0 Å². The minimum atomic E-state index is 0.864. The summed E-state index contributed by atoms with van der Waals surface area (Å²) in [7, 11) is 0. The summed E-state index contributed by atoms with van der Waals surface area (Å²) in [6.45, 7) is 0. The van der Waals surface area contributed by atoms with Crippen molar-refractivity contribution in [1.82, 2.24) is 0 Å². The van der Waals surface area contributed by atoms with Crippen LogP contribution in [0, 0.1) is 0 Å². The fourth-order valence-electron chi connectivity index (χ4n) is 9.26. The van der Waals surface area contributed by atoms with Crippen LogP contribution >= 0.6 is 0 Å². The molecule has 0 atom stereocenters. The minimum absolute atomic E-state index is 0.864. The summed E-state index contributed by atoms with van der Waals surface area (Å²) in [6.07, 6.45) is 0. The van der Waals surface area contributed by atoms with Crippen LogP contribution < -0.4 is 4.90 Å². The van der Waals surface area contributed by atoms with Crippen LogP contribution in [0.4, 0.5) is 17.1 Å².